The summed E-state index contributed by atoms with van der Waals surface area (Å²) in [7, 11) is 0. The molecule has 2 rings (SSSR count). The van der Waals surface area contributed by atoms with Crippen molar-refractivity contribution in [3.63, 3.8) is 0 Å². The van der Waals surface area contributed by atoms with E-state index in [2.05, 4.69) is 10.2 Å². The Bertz CT molecular complexity index is 393. The van der Waals surface area contributed by atoms with E-state index in [-0.39, 0.29) is 5.75 Å². The molecular formula is C7H7N3O. The van der Waals surface area contributed by atoms with Gasteiger partial charge in [-0.3, -0.25) is 4.40 Å². The average Bonchev–Trinajstić information content (AvgIpc) is 2.33. The molecule has 0 aliphatic carbocycles. The Morgan fingerprint density at radius 1 is 1.36 bits per heavy atom. The number of rotatable bonds is 0. The van der Waals surface area contributed by atoms with Crippen molar-refractivity contribution in [3.8, 4) is 5.75 Å². The van der Waals surface area contributed by atoms with Crippen LogP contribution in [0.2, 0.25) is 0 Å². The van der Waals surface area contributed by atoms with Crippen molar-refractivity contribution in [1.82, 2.24) is 14.6 Å². The number of nitrogens with zero attached hydrogens (tertiary/aromatic N) is 3. The maximum atomic E-state index is 9.10. The molecule has 0 saturated carbocycles. The van der Waals surface area contributed by atoms with Crippen molar-refractivity contribution in [2.24, 2.45) is 0 Å². The minimum atomic E-state index is 0.223. The van der Waals surface area contributed by atoms with Crippen LogP contribution in [-0.2, 0) is 0 Å². The van der Waals surface area contributed by atoms with Crippen LogP contribution in [0.5, 0.6) is 5.75 Å². The second-order valence-electron chi connectivity index (χ2n) is 2.36. The molecule has 0 aliphatic rings. The van der Waals surface area contributed by atoms with Crippen LogP contribution in [0.3, 0.4) is 0 Å². The topological polar surface area (TPSA) is 50.4 Å². The number of aromatic nitrogens is 3. The van der Waals surface area contributed by atoms with Crippen molar-refractivity contribution in [1.29, 1.82) is 0 Å². The quantitative estimate of drug-likeness (QED) is 0.601. The van der Waals surface area contributed by atoms with Crippen molar-refractivity contribution >= 4 is 5.65 Å². The van der Waals surface area contributed by atoms with E-state index in [4.69, 9.17) is 5.11 Å². The van der Waals surface area contributed by atoms with E-state index >= 15 is 0 Å². The Labute approximate surface area is 63.1 Å². The molecule has 0 bridgehead atoms. The largest absolute Gasteiger partial charge is 0.506 e. The molecule has 0 fully saturated rings. The average molecular weight is 149 g/mol. The number of hydrogen-bond acceptors (Lipinski definition) is 3. The van der Waals surface area contributed by atoms with Crippen molar-refractivity contribution in [2.45, 2.75) is 6.92 Å². The molecule has 0 radical (unpaired) electrons. The summed E-state index contributed by atoms with van der Waals surface area (Å²) >= 11 is 0. The summed E-state index contributed by atoms with van der Waals surface area (Å²) in [6.45, 7) is 1.83. The fourth-order valence-corrected chi connectivity index (χ4v) is 0.994. The van der Waals surface area contributed by atoms with Gasteiger partial charge >= 0.3 is 0 Å². The third kappa shape index (κ3) is 0.832. The van der Waals surface area contributed by atoms with Crippen LogP contribution in [0.15, 0.2) is 18.3 Å². The van der Waals surface area contributed by atoms with Gasteiger partial charge in [0.25, 0.3) is 0 Å². The van der Waals surface area contributed by atoms with E-state index in [0.717, 1.165) is 11.5 Å². The Kier molecular flexibility index (Phi) is 1.09. The molecule has 0 amide bonds. The molecule has 11 heavy (non-hydrogen) atoms. The lowest BCUT2D eigenvalue weighted by atomic mass is 10.4. The smallest absolute Gasteiger partial charge is 0.161 e. The summed E-state index contributed by atoms with van der Waals surface area (Å²) in [4.78, 5) is 0. The van der Waals surface area contributed by atoms with Crippen LogP contribution in [0.1, 0.15) is 5.82 Å². The van der Waals surface area contributed by atoms with Gasteiger partial charge in [-0.1, -0.05) is 0 Å². The number of aryl methyl sites for hydroxylation is 1. The molecule has 4 heteroatoms. The zero-order valence-electron chi connectivity index (χ0n) is 6.02. The van der Waals surface area contributed by atoms with E-state index in [1.807, 2.05) is 6.92 Å². The summed E-state index contributed by atoms with van der Waals surface area (Å²) in [6, 6.07) is 3.30. The molecule has 2 aromatic heterocycles. The molecule has 0 aliphatic heterocycles. The third-order valence-electron chi connectivity index (χ3n) is 1.56. The van der Waals surface area contributed by atoms with Gasteiger partial charge in [-0.15, -0.1) is 10.2 Å². The first kappa shape index (κ1) is 6.15. The predicted molar refractivity (Wildman–Crippen MR) is 39.4 cm³/mol. The van der Waals surface area contributed by atoms with Crippen LogP contribution in [0.25, 0.3) is 5.65 Å². The first-order chi connectivity index (χ1) is 5.27. The summed E-state index contributed by atoms with van der Waals surface area (Å²) in [5.41, 5.74) is 0.750. The van der Waals surface area contributed by atoms with Gasteiger partial charge < -0.3 is 5.11 Å². The van der Waals surface area contributed by atoms with Crippen LogP contribution in [0.4, 0.5) is 0 Å². The maximum Gasteiger partial charge on any atom is 0.161 e. The zero-order chi connectivity index (χ0) is 7.84. The predicted octanol–water partition coefficient (Wildman–Crippen LogP) is 0.743. The van der Waals surface area contributed by atoms with Crippen molar-refractivity contribution in [3.05, 3.63) is 24.2 Å². The number of fused-ring (bicyclic) bond motifs is 1. The van der Waals surface area contributed by atoms with Gasteiger partial charge in [-0.25, -0.2) is 0 Å². The lowest BCUT2D eigenvalue weighted by molar-refractivity contribution is 0.471. The lowest BCUT2D eigenvalue weighted by Gasteiger charge is -1.93. The molecule has 0 atom stereocenters. The molecule has 2 heterocycles. The zero-order valence-corrected chi connectivity index (χ0v) is 6.02. The highest BCUT2D eigenvalue weighted by atomic mass is 16.3. The Hall–Kier alpha value is -1.58. The second kappa shape index (κ2) is 1.95. The van der Waals surface area contributed by atoms with Crippen molar-refractivity contribution in [2.75, 3.05) is 0 Å². The van der Waals surface area contributed by atoms with Gasteiger partial charge in [0, 0.05) is 0 Å². The molecule has 4 nitrogen and oxygen atoms in total. The van der Waals surface area contributed by atoms with E-state index < -0.39 is 0 Å². The second-order valence-corrected chi connectivity index (χ2v) is 2.36. The Morgan fingerprint density at radius 3 is 3.00 bits per heavy atom. The minimum Gasteiger partial charge on any atom is -0.506 e. The third-order valence-corrected chi connectivity index (χ3v) is 1.56. The van der Waals surface area contributed by atoms with E-state index in [9.17, 15) is 0 Å². The van der Waals surface area contributed by atoms with Gasteiger partial charge in [-0.05, 0) is 19.1 Å². The minimum absolute atomic E-state index is 0.223. The number of pyridine rings is 1. The standard InChI is InChI=1S/C7H7N3O/c1-5-8-9-7-3-2-6(11)4-10(5)7/h2-4,11H,1H3. The van der Waals surface area contributed by atoms with E-state index in [0.29, 0.717) is 0 Å². The SMILES string of the molecule is Cc1nnc2ccc(O)cn12. The fourth-order valence-electron chi connectivity index (χ4n) is 0.994. The highest BCUT2D eigenvalue weighted by molar-refractivity contribution is 5.40. The summed E-state index contributed by atoms with van der Waals surface area (Å²) in [6.07, 6.45) is 1.59. The van der Waals surface area contributed by atoms with Crippen molar-refractivity contribution < 1.29 is 5.11 Å². The Balaban J connectivity index is 2.87. The molecule has 0 unspecified atom stereocenters. The molecule has 0 aromatic carbocycles. The van der Waals surface area contributed by atoms with E-state index in [1.54, 1.807) is 22.7 Å². The number of aromatic hydroxyl groups is 1. The van der Waals surface area contributed by atoms with E-state index in [1.165, 1.54) is 0 Å². The monoisotopic (exact) mass is 149 g/mol. The summed E-state index contributed by atoms with van der Waals surface area (Å²) in [5, 5.41) is 16.8. The van der Waals surface area contributed by atoms with Crippen LogP contribution in [-0.4, -0.2) is 19.7 Å². The highest BCUT2D eigenvalue weighted by Gasteiger charge is 1.99. The molecular weight excluding hydrogens is 142 g/mol. The van der Waals surface area contributed by atoms with Crippen LogP contribution in [0, 0.1) is 6.92 Å². The molecule has 56 valence electrons. The fraction of sp³-hybridized carbons (Fsp3) is 0.143. The van der Waals surface area contributed by atoms with Crippen LogP contribution >= 0.6 is 0 Å². The lowest BCUT2D eigenvalue weighted by Crippen LogP contribution is -1.85. The summed E-state index contributed by atoms with van der Waals surface area (Å²) in [5.74, 6) is 0.997. The molecule has 0 saturated heterocycles. The van der Waals surface area contributed by atoms with Gasteiger partial charge in [0.05, 0.1) is 6.20 Å². The van der Waals surface area contributed by atoms with Gasteiger partial charge in [0.1, 0.15) is 11.6 Å². The maximum absolute atomic E-state index is 9.10. The first-order valence-electron chi connectivity index (χ1n) is 3.28. The normalized spacial score (nSPS) is 10.6. The Morgan fingerprint density at radius 2 is 2.18 bits per heavy atom. The van der Waals surface area contributed by atoms with Gasteiger partial charge in [0.2, 0.25) is 0 Å². The van der Waals surface area contributed by atoms with Gasteiger partial charge in [0.15, 0.2) is 5.65 Å². The van der Waals surface area contributed by atoms with Gasteiger partial charge in [-0.2, -0.15) is 0 Å². The molecule has 0 spiro atoms. The highest BCUT2D eigenvalue weighted by Crippen LogP contribution is 2.10. The first-order valence-corrected chi connectivity index (χ1v) is 3.28. The summed E-state index contributed by atoms with van der Waals surface area (Å²) < 4.78 is 1.73. The molecule has 1 N–H and O–H groups in total. The number of hydrogen-bond donors (Lipinski definition) is 1. The van der Waals surface area contributed by atoms with Crippen LogP contribution < -0.4 is 0 Å². The molecule has 2 aromatic rings.